The molecule has 2 amide bonds. The van der Waals surface area contributed by atoms with Crippen LogP contribution in [-0.4, -0.2) is 35.0 Å². The predicted molar refractivity (Wildman–Crippen MR) is 67.0 cm³/mol. The van der Waals surface area contributed by atoms with E-state index in [-0.39, 0.29) is 6.03 Å². The van der Waals surface area contributed by atoms with Crippen LogP contribution < -0.4 is 11.1 Å². The number of urea groups is 1. The summed E-state index contributed by atoms with van der Waals surface area (Å²) >= 11 is 5.86. The number of nitrogens with one attached hydrogen (secondary N) is 1. The van der Waals surface area contributed by atoms with Gasteiger partial charge in [-0.1, -0.05) is 11.6 Å². The van der Waals surface area contributed by atoms with Crippen molar-refractivity contribution in [2.45, 2.75) is 18.9 Å². The Kier molecular flexibility index (Phi) is 3.68. The molecule has 1 aliphatic heterocycles. The van der Waals surface area contributed by atoms with Gasteiger partial charge in [-0.05, 0) is 18.9 Å². The summed E-state index contributed by atoms with van der Waals surface area (Å²) in [5.74, 6) is 0. The standard InChI is InChI=1S/C11H15ClN4O/c12-8-5-10(7-14-6-8)15-9-1-3-16(4-2-9)11(13)17/h5-7,9,15H,1-4H2,(H2,13,17). The molecule has 0 radical (unpaired) electrons. The number of primary amides is 1. The number of carbonyl (C=O) groups excluding carboxylic acids is 1. The van der Waals surface area contributed by atoms with E-state index in [4.69, 9.17) is 17.3 Å². The first-order valence-corrected chi connectivity index (χ1v) is 5.94. The number of likely N-dealkylation sites (tertiary alicyclic amines) is 1. The van der Waals surface area contributed by atoms with Crippen LogP contribution in [0, 0.1) is 0 Å². The third-order valence-electron chi connectivity index (χ3n) is 2.88. The molecule has 5 nitrogen and oxygen atoms in total. The van der Waals surface area contributed by atoms with Crippen LogP contribution in [0.4, 0.5) is 10.5 Å². The fraction of sp³-hybridized carbons (Fsp3) is 0.455. The zero-order valence-electron chi connectivity index (χ0n) is 9.40. The molecule has 3 N–H and O–H groups in total. The Morgan fingerprint density at radius 2 is 2.18 bits per heavy atom. The van der Waals surface area contributed by atoms with Crippen LogP contribution in [0.1, 0.15) is 12.8 Å². The minimum atomic E-state index is -0.340. The van der Waals surface area contributed by atoms with E-state index >= 15 is 0 Å². The highest BCUT2D eigenvalue weighted by Crippen LogP contribution is 2.18. The van der Waals surface area contributed by atoms with Crippen molar-refractivity contribution < 1.29 is 4.79 Å². The van der Waals surface area contributed by atoms with Crippen LogP contribution in [0.3, 0.4) is 0 Å². The van der Waals surface area contributed by atoms with Crippen molar-refractivity contribution >= 4 is 23.3 Å². The highest BCUT2D eigenvalue weighted by atomic mass is 35.5. The molecule has 2 rings (SSSR count). The molecule has 0 atom stereocenters. The molecule has 2 heterocycles. The van der Waals surface area contributed by atoms with Gasteiger partial charge in [0.25, 0.3) is 0 Å². The summed E-state index contributed by atoms with van der Waals surface area (Å²) in [6, 6.07) is 1.84. The van der Waals surface area contributed by atoms with Gasteiger partial charge in [-0.25, -0.2) is 4.79 Å². The maximum absolute atomic E-state index is 11.0. The van der Waals surface area contributed by atoms with E-state index in [1.165, 1.54) is 0 Å². The lowest BCUT2D eigenvalue weighted by atomic mass is 10.1. The van der Waals surface area contributed by atoms with E-state index in [0.29, 0.717) is 24.2 Å². The molecule has 17 heavy (non-hydrogen) atoms. The number of amides is 2. The molecule has 6 heteroatoms. The van der Waals surface area contributed by atoms with E-state index in [0.717, 1.165) is 18.5 Å². The zero-order chi connectivity index (χ0) is 12.3. The number of halogens is 1. The third kappa shape index (κ3) is 3.23. The first-order chi connectivity index (χ1) is 8.15. The van der Waals surface area contributed by atoms with E-state index in [1.54, 1.807) is 17.3 Å². The van der Waals surface area contributed by atoms with E-state index in [1.807, 2.05) is 6.07 Å². The van der Waals surface area contributed by atoms with Crippen molar-refractivity contribution in [2.75, 3.05) is 18.4 Å². The largest absolute Gasteiger partial charge is 0.381 e. The van der Waals surface area contributed by atoms with Crippen molar-refractivity contribution in [3.63, 3.8) is 0 Å². The molecule has 0 saturated carbocycles. The number of aromatic nitrogens is 1. The molecule has 1 aliphatic rings. The zero-order valence-corrected chi connectivity index (χ0v) is 10.2. The van der Waals surface area contributed by atoms with E-state index in [2.05, 4.69) is 10.3 Å². The number of pyridine rings is 1. The summed E-state index contributed by atoms with van der Waals surface area (Å²) < 4.78 is 0. The number of hydrogen-bond donors (Lipinski definition) is 2. The molecule has 1 saturated heterocycles. The second kappa shape index (κ2) is 5.23. The van der Waals surface area contributed by atoms with E-state index < -0.39 is 0 Å². The van der Waals surface area contributed by atoms with Gasteiger partial charge in [-0.15, -0.1) is 0 Å². The maximum Gasteiger partial charge on any atom is 0.314 e. The number of carbonyl (C=O) groups is 1. The lowest BCUT2D eigenvalue weighted by molar-refractivity contribution is 0.193. The fourth-order valence-electron chi connectivity index (χ4n) is 1.97. The second-order valence-electron chi connectivity index (χ2n) is 4.14. The lowest BCUT2D eigenvalue weighted by Gasteiger charge is -2.31. The smallest absolute Gasteiger partial charge is 0.314 e. The fourth-order valence-corrected chi connectivity index (χ4v) is 2.14. The number of rotatable bonds is 2. The SMILES string of the molecule is NC(=O)N1CCC(Nc2cncc(Cl)c2)CC1. The first-order valence-electron chi connectivity index (χ1n) is 5.56. The van der Waals surface area contributed by atoms with Crippen molar-refractivity contribution in [1.82, 2.24) is 9.88 Å². The Bertz CT molecular complexity index is 404. The molecule has 0 aromatic carbocycles. The van der Waals surface area contributed by atoms with Gasteiger partial charge in [0, 0.05) is 25.3 Å². The number of nitrogens with zero attached hydrogens (tertiary/aromatic N) is 2. The Balaban J connectivity index is 1.88. The van der Waals surface area contributed by atoms with Gasteiger partial charge in [0.2, 0.25) is 0 Å². The summed E-state index contributed by atoms with van der Waals surface area (Å²) in [5, 5.41) is 3.97. The van der Waals surface area contributed by atoms with Gasteiger partial charge in [0.05, 0.1) is 16.9 Å². The third-order valence-corrected chi connectivity index (χ3v) is 3.09. The van der Waals surface area contributed by atoms with Crippen molar-refractivity contribution in [3.8, 4) is 0 Å². The monoisotopic (exact) mass is 254 g/mol. The van der Waals surface area contributed by atoms with Crippen LogP contribution >= 0.6 is 11.6 Å². The maximum atomic E-state index is 11.0. The van der Waals surface area contributed by atoms with Gasteiger partial charge in [0.1, 0.15) is 0 Å². The molecule has 0 unspecified atom stereocenters. The quantitative estimate of drug-likeness (QED) is 0.844. The lowest BCUT2D eigenvalue weighted by Crippen LogP contribution is -2.44. The van der Waals surface area contributed by atoms with E-state index in [9.17, 15) is 4.79 Å². The van der Waals surface area contributed by atoms with Crippen LogP contribution in [0.2, 0.25) is 5.02 Å². The predicted octanol–water partition coefficient (Wildman–Crippen LogP) is 1.69. The highest BCUT2D eigenvalue weighted by molar-refractivity contribution is 6.30. The molecule has 1 aromatic heterocycles. The first kappa shape index (κ1) is 12.0. The highest BCUT2D eigenvalue weighted by Gasteiger charge is 2.20. The van der Waals surface area contributed by atoms with Crippen LogP contribution in [-0.2, 0) is 0 Å². The number of piperidine rings is 1. The normalized spacial score (nSPS) is 16.9. The van der Waals surface area contributed by atoms with Crippen LogP contribution in [0.25, 0.3) is 0 Å². The summed E-state index contributed by atoms with van der Waals surface area (Å²) in [7, 11) is 0. The summed E-state index contributed by atoms with van der Waals surface area (Å²) in [5.41, 5.74) is 6.14. The Hall–Kier alpha value is -1.49. The summed E-state index contributed by atoms with van der Waals surface area (Å²) in [6.07, 6.45) is 5.11. The Labute approximate surface area is 105 Å². The minimum absolute atomic E-state index is 0.339. The van der Waals surface area contributed by atoms with Crippen LogP contribution in [0.15, 0.2) is 18.5 Å². The van der Waals surface area contributed by atoms with Gasteiger partial charge < -0.3 is 16.0 Å². The Morgan fingerprint density at radius 3 is 2.76 bits per heavy atom. The van der Waals surface area contributed by atoms with Gasteiger partial charge in [0.15, 0.2) is 0 Å². The van der Waals surface area contributed by atoms with Crippen molar-refractivity contribution in [3.05, 3.63) is 23.5 Å². The molecule has 0 aliphatic carbocycles. The summed E-state index contributed by atoms with van der Waals surface area (Å²) in [6.45, 7) is 1.39. The second-order valence-corrected chi connectivity index (χ2v) is 4.57. The molecular weight excluding hydrogens is 240 g/mol. The van der Waals surface area contributed by atoms with Gasteiger partial charge in [-0.3, -0.25) is 4.98 Å². The molecule has 1 fully saturated rings. The molecule has 92 valence electrons. The topological polar surface area (TPSA) is 71.2 Å². The van der Waals surface area contributed by atoms with Gasteiger partial charge >= 0.3 is 6.03 Å². The summed E-state index contributed by atoms with van der Waals surface area (Å²) in [4.78, 5) is 16.6. The molecule has 0 bridgehead atoms. The molecule has 1 aromatic rings. The average Bonchev–Trinajstić information content (AvgIpc) is 2.29. The molecule has 0 spiro atoms. The van der Waals surface area contributed by atoms with Gasteiger partial charge in [-0.2, -0.15) is 0 Å². The van der Waals surface area contributed by atoms with Crippen molar-refractivity contribution in [1.29, 1.82) is 0 Å². The number of anilines is 1. The number of nitrogens with two attached hydrogens (primary N) is 1. The minimum Gasteiger partial charge on any atom is -0.381 e. The van der Waals surface area contributed by atoms with Crippen LogP contribution in [0.5, 0.6) is 0 Å². The average molecular weight is 255 g/mol. The Morgan fingerprint density at radius 1 is 1.47 bits per heavy atom. The molecular formula is C11H15ClN4O. The van der Waals surface area contributed by atoms with Crippen molar-refractivity contribution in [2.24, 2.45) is 5.73 Å². The number of hydrogen-bond acceptors (Lipinski definition) is 3.